The van der Waals surface area contributed by atoms with Crippen LogP contribution in [0.4, 0.5) is 5.13 Å². The average Bonchev–Trinajstić information content (AvgIpc) is 3.12. The Morgan fingerprint density at radius 2 is 2.07 bits per heavy atom. The van der Waals surface area contributed by atoms with Gasteiger partial charge in [-0.05, 0) is 44.0 Å². The second-order valence-electron chi connectivity index (χ2n) is 6.19. The van der Waals surface area contributed by atoms with Gasteiger partial charge >= 0.3 is 0 Å². The molecule has 0 saturated heterocycles. The third-order valence-electron chi connectivity index (χ3n) is 4.08. The lowest BCUT2D eigenvalue weighted by molar-refractivity contribution is 0.311. The van der Waals surface area contributed by atoms with Crippen molar-refractivity contribution < 1.29 is 9.47 Å². The number of hydrogen-bond donors (Lipinski definition) is 1. The van der Waals surface area contributed by atoms with E-state index in [0.29, 0.717) is 23.1 Å². The predicted octanol–water partition coefficient (Wildman–Crippen LogP) is 5.93. The molecule has 1 heterocycles. The van der Waals surface area contributed by atoms with Gasteiger partial charge in [-0.15, -0.1) is 11.3 Å². The van der Waals surface area contributed by atoms with Crippen molar-refractivity contribution in [2.45, 2.75) is 20.8 Å². The molecule has 0 spiro atoms. The summed E-state index contributed by atoms with van der Waals surface area (Å²) in [4.78, 5) is 4.61. The minimum atomic E-state index is 0.481. The first kappa shape index (κ1) is 20.2. The van der Waals surface area contributed by atoms with Crippen molar-refractivity contribution >= 4 is 34.3 Å². The van der Waals surface area contributed by atoms with E-state index < -0.39 is 0 Å². The van der Waals surface area contributed by atoms with Crippen LogP contribution in [0.25, 0.3) is 11.3 Å². The number of hydrogen-bond acceptors (Lipinski definition) is 6. The van der Waals surface area contributed by atoms with Crippen molar-refractivity contribution in [3.05, 3.63) is 57.4 Å². The standard InChI is InChI=1S/C21H22ClN3O2S/c1-5-27-20-17(22)9-15(10-19(20)26-4)11-23-25-21-24-18(12-28-21)16-7-6-13(2)8-14(16)3/h6-12H,5H2,1-4H3,(H,24,25)/b23-11-. The van der Waals surface area contributed by atoms with E-state index in [1.165, 1.54) is 22.5 Å². The highest BCUT2D eigenvalue weighted by Crippen LogP contribution is 2.36. The van der Waals surface area contributed by atoms with Crippen LogP contribution in [0.3, 0.4) is 0 Å². The zero-order valence-corrected chi connectivity index (χ0v) is 17.8. The summed E-state index contributed by atoms with van der Waals surface area (Å²) < 4.78 is 10.9. The summed E-state index contributed by atoms with van der Waals surface area (Å²) in [6.07, 6.45) is 1.67. The number of nitrogens with zero attached hydrogens (tertiary/aromatic N) is 2. The lowest BCUT2D eigenvalue weighted by Gasteiger charge is -2.11. The average molecular weight is 416 g/mol. The zero-order chi connectivity index (χ0) is 20.1. The van der Waals surface area contributed by atoms with Crippen LogP contribution in [0.2, 0.25) is 5.02 Å². The number of anilines is 1. The Morgan fingerprint density at radius 1 is 1.25 bits per heavy atom. The molecule has 5 nitrogen and oxygen atoms in total. The maximum atomic E-state index is 6.29. The molecule has 0 radical (unpaired) electrons. The van der Waals surface area contributed by atoms with Gasteiger partial charge in [0.1, 0.15) is 0 Å². The molecule has 0 aliphatic rings. The van der Waals surface area contributed by atoms with Crippen molar-refractivity contribution in [2.75, 3.05) is 19.1 Å². The molecule has 0 atom stereocenters. The van der Waals surface area contributed by atoms with Gasteiger partial charge in [0, 0.05) is 10.9 Å². The van der Waals surface area contributed by atoms with Crippen LogP contribution >= 0.6 is 22.9 Å². The lowest BCUT2D eigenvalue weighted by Crippen LogP contribution is -1.98. The van der Waals surface area contributed by atoms with Crippen LogP contribution < -0.4 is 14.9 Å². The van der Waals surface area contributed by atoms with Crippen molar-refractivity contribution in [1.29, 1.82) is 0 Å². The number of rotatable bonds is 7. The molecule has 2 aromatic carbocycles. The van der Waals surface area contributed by atoms with E-state index in [2.05, 4.69) is 47.6 Å². The van der Waals surface area contributed by atoms with E-state index in [-0.39, 0.29) is 0 Å². The third kappa shape index (κ3) is 4.64. The molecule has 0 amide bonds. The number of aromatic nitrogens is 1. The van der Waals surface area contributed by atoms with Crippen molar-refractivity contribution in [2.24, 2.45) is 5.10 Å². The van der Waals surface area contributed by atoms with Crippen LogP contribution in [0.15, 0.2) is 40.8 Å². The first-order chi connectivity index (χ1) is 13.5. The minimum absolute atomic E-state index is 0.481. The molecule has 0 saturated carbocycles. The number of aryl methyl sites for hydroxylation is 2. The first-order valence-electron chi connectivity index (χ1n) is 8.84. The monoisotopic (exact) mass is 415 g/mol. The van der Waals surface area contributed by atoms with Gasteiger partial charge in [0.05, 0.1) is 30.6 Å². The Kier molecular flexibility index (Phi) is 6.54. The van der Waals surface area contributed by atoms with Gasteiger partial charge in [0.25, 0.3) is 0 Å². The molecule has 0 bridgehead atoms. The Labute approximate surface area is 174 Å². The summed E-state index contributed by atoms with van der Waals surface area (Å²) in [7, 11) is 1.58. The predicted molar refractivity (Wildman–Crippen MR) is 117 cm³/mol. The zero-order valence-electron chi connectivity index (χ0n) is 16.2. The van der Waals surface area contributed by atoms with E-state index in [1.807, 2.05) is 18.4 Å². The highest BCUT2D eigenvalue weighted by Gasteiger charge is 2.11. The number of halogens is 1. The fraction of sp³-hybridized carbons (Fsp3) is 0.238. The van der Waals surface area contributed by atoms with Gasteiger partial charge in [-0.25, -0.2) is 4.98 Å². The Balaban J connectivity index is 1.73. The maximum absolute atomic E-state index is 6.29. The molecular weight excluding hydrogens is 394 g/mol. The summed E-state index contributed by atoms with van der Waals surface area (Å²) in [5.74, 6) is 1.11. The molecule has 3 aromatic rings. The SMILES string of the molecule is CCOc1c(Cl)cc(/C=N\Nc2nc(-c3ccc(C)cc3C)cs2)cc1OC. The molecular formula is C21H22ClN3O2S. The lowest BCUT2D eigenvalue weighted by atomic mass is 10.0. The van der Waals surface area contributed by atoms with Gasteiger partial charge in [0.15, 0.2) is 11.5 Å². The molecule has 0 aliphatic heterocycles. The first-order valence-corrected chi connectivity index (χ1v) is 10.1. The van der Waals surface area contributed by atoms with Gasteiger partial charge in [-0.1, -0.05) is 35.4 Å². The van der Waals surface area contributed by atoms with Gasteiger partial charge in [0.2, 0.25) is 5.13 Å². The Bertz CT molecular complexity index is 1000. The molecule has 28 heavy (non-hydrogen) atoms. The van der Waals surface area contributed by atoms with Crippen LogP contribution in [0.5, 0.6) is 11.5 Å². The highest BCUT2D eigenvalue weighted by atomic mass is 35.5. The maximum Gasteiger partial charge on any atom is 0.203 e. The van der Waals surface area contributed by atoms with Gasteiger partial charge in [-0.3, -0.25) is 5.43 Å². The van der Waals surface area contributed by atoms with Crippen LogP contribution in [-0.4, -0.2) is 24.9 Å². The van der Waals surface area contributed by atoms with Crippen LogP contribution in [0.1, 0.15) is 23.6 Å². The number of hydrazone groups is 1. The fourth-order valence-electron chi connectivity index (χ4n) is 2.81. The van der Waals surface area contributed by atoms with Crippen molar-refractivity contribution in [3.63, 3.8) is 0 Å². The quantitative estimate of drug-likeness (QED) is 0.383. The molecule has 3 rings (SSSR count). The molecule has 0 fully saturated rings. The van der Waals surface area contributed by atoms with Gasteiger partial charge in [-0.2, -0.15) is 5.10 Å². The molecule has 0 unspecified atom stereocenters. The molecule has 7 heteroatoms. The topological polar surface area (TPSA) is 55.7 Å². The van der Waals surface area contributed by atoms with E-state index in [1.54, 1.807) is 19.4 Å². The third-order valence-corrected chi connectivity index (χ3v) is 5.10. The Hall–Kier alpha value is -2.57. The summed E-state index contributed by atoms with van der Waals surface area (Å²) in [5.41, 5.74) is 8.28. The summed E-state index contributed by atoms with van der Waals surface area (Å²) >= 11 is 7.79. The molecule has 1 N–H and O–H groups in total. The van der Waals surface area contributed by atoms with E-state index >= 15 is 0 Å². The van der Waals surface area contributed by atoms with E-state index in [9.17, 15) is 0 Å². The normalized spacial score (nSPS) is 11.0. The largest absolute Gasteiger partial charge is 0.493 e. The summed E-state index contributed by atoms with van der Waals surface area (Å²) in [6, 6.07) is 9.95. The van der Waals surface area contributed by atoms with Crippen molar-refractivity contribution in [1.82, 2.24) is 4.98 Å². The second-order valence-corrected chi connectivity index (χ2v) is 7.46. The Morgan fingerprint density at radius 3 is 2.79 bits per heavy atom. The summed E-state index contributed by atoms with van der Waals surface area (Å²) in [6.45, 7) is 6.59. The number of nitrogens with one attached hydrogen (secondary N) is 1. The molecule has 1 aromatic heterocycles. The number of benzene rings is 2. The number of methoxy groups -OCH3 is 1. The van der Waals surface area contributed by atoms with Crippen LogP contribution in [0, 0.1) is 13.8 Å². The highest BCUT2D eigenvalue weighted by molar-refractivity contribution is 7.14. The molecule has 146 valence electrons. The molecule has 0 aliphatic carbocycles. The van der Waals surface area contributed by atoms with E-state index in [0.717, 1.165) is 22.0 Å². The summed E-state index contributed by atoms with van der Waals surface area (Å²) in [5, 5.41) is 7.48. The minimum Gasteiger partial charge on any atom is -0.493 e. The second kappa shape index (κ2) is 9.08. The van der Waals surface area contributed by atoms with Crippen LogP contribution in [-0.2, 0) is 0 Å². The number of ether oxygens (including phenoxy) is 2. The number of thiazole rings is 1. The van der Waals surface area contributed by atoms with Gasteiger partial charge < -0.3 is 9.47 Å². The fourth-order valence-corrected chi connectivity index (χ4v) is 3.74. The van der Waals surface area contributed by atoms with E-state index in [4.69, 9.17) is 21.1 Å². The smallest absolute Gasteiger partial charge is 0.203 e. The van der Waals surface area contributed by atoms with Crippen molar-refractivity contribution in [3.8, 4) is 22.8 Å².